The lowest BCUT2D eigenvalue weighted by atomic mass is 10.0. The number of benzene rings is 1. The van der Waals surface area contributed by atoms with E-state index in [1.54, 1.807) is 18.4 Å². The quantitative estimate of drug-likeness (QED) is 0.572. The summed E-state index contributed by atoms with van der Waals surface area (Å²) in [5, 5.41) is 8.12. The number of ether oxygens (including phenoxy) is 4. The first-order valence-corrected chi connectivity index (χ1v) is 11.1. The smallest absolute Gasteiger partial charge is 0.262 e. The van der Waals surface area contributed by atoms with Gasteiger partial charge in [-0.2, -0.15) is 5.10 Å². The van der Waals surface area contributed by atoms with Crippen molar-refractivity contribution in [2.75, 3.05) is 47.3 Å². The molecule has 2 aliphatic heterocycles. The molecule has 170 valence electrons. The molecule has 0 saturated heterocycles. The molecule has 2 amide bonds. The summed E-state index contributed by atoms with van der Waals surface area (Å²) in [5.74, 6) is 0.773. The molecule has 0 aliphatic carbocycles. The van der Waals surface area contributed by atoms with Crippen LogP contribution in [-0.2, 0) is 19.1 Å². The number of amides is 2. The molecule has 0 fully saturated rings. The summed E-state index contributed by atoms with van der Waals surface area (Å²) >= 11 is 1.58. The van der Waals surface area contributed by atoms with Gasteiger partial charge in [0.05, 0.1) is 23.2 Å². The molecule has 9 nitrogen and oxygen atoms in total. The molecule has 2 aliphatic rings. The minimum Gasteiger partial charge on any atom is -0.454 e. The fourth-order valence-electron chi connectivity index (χ4n) is 3.66. The van der Waals surface area contributed by atoms with Crippen molar-refractivity contribution in [2.24, 2.45) is 5.10 Å². The van der Waals surface area contributed by atoms with Crippen LogP contribution in [-0.4, -0.2) is 74.8 Å². The second-order valence-corrected chi connectivity index (χ2v) is 8.28. The Balaban J connectivity index is 1.59. The highest BCUT2D eigenvalue weighted by molar-refractivity contribution is 7.12. The molecule has 0 bridgehead atoms. The molecular weight excluding hydrogens is 434 g/mol. The number of methoxy groups -OCH3 is 2. The van der Waals surface area contributed by atoms with Crippen LogP contribution in [0, 0.1) is 0 Å². The van der Waals surface area contributed by atoms with Crippen molar-refractivity contribution in [2.45, 2.75) is 12.5 Å². The van der Waals surface area contributed by atoms with Gasteiger partial charge in [0.2, 0.25) is 12.7 Å². The van der Waals surface area contributed by atoms with Crippen LogP contribution in [0.25, 0.3) is 0 Å². The van der Waals surface area contributed by atoms with Gasteiger partial charge in [-0.1, -0.05) is 12.1 Å². The van der Waals surface area contributed by atoms with Crippen LogP contribution in [0.15, 0.2) is 40.8 Å². The Labute approximate surface area is 190 Å². The van der Waals surface area contributed by atoms with Gasteiger partial charge in [-0.3, -0.25) is 9.59 Å². The lowest BCUT2D eigenvalue weighted by Gasteiger charge is -2.27. The summed E-state index contributed by atoms with van der Waals surface area (Å²) in [6.07, 6.45) is 0.565. The molecular formula is C22H25N3O6S. The Bertz CT molecular complexity index is 994. The molecule has 1 aromatic carbocycles. The number of fused-ring (bicyclic) bond motifs is 1. The second kappa shape index (κ2) is 10.1. The molecule has 32 heavy (non-hydrogen) atoms. The van der Waals surface area contributed by atoms with E-state index in [1.807, 2.05) is 35.7 Å². The molecule has 0 unspecified atom stereocenters. The summed E-state index contributed by atoms with van der Waals surface area (Å²) in [4.78, 5) is 28.2. The zero-order valence-corrected chi connectivity index (χ0v) is 18.8. The first-order chi connectivity index (χ1) is 15.6. The van der Waals surface area contributed by atoms with Crippen LogP contribution in [0.5, 0.6) is 11.5 Å². The number of carbonyl (C=O) groups is 2. The fourth-order valence-corrected chi connectivity index (χ4v) is 4.38. The van der Waals surface area contributed by atoms with Crippen molar-refractivity contribution in [3.05, 3.63) is 46.2 Å². The van der Waals surface area contributed by atoms with E-state index in [0.29, 0.717) is 24.5 Å². The molecule has 0 spiro atoms. The fraction of sp³-hybridized carbons (Fsp3) is 0.409. The summed E-state index contributed by atoms with van der Waals surface area (Å²) in [7, 11) is 3.00. The normalized spacial score (nSPS) is 16.9. The van der Waals surface area contributed by atoms with E-state index >= 15 is 0 Å². The number of hydrogen-bond acceptors (Lipinski definition) is 8. The molecule has 1 aromatic heterocycles. The van der Waals surface area contributed by atoms with Crippen molar-refractivity contribution in [3.63, 3.8) is 0 Å². The van der Waals surface area contributed by atoms with Gasteiger partial charge >= 0.3 is 0 Å². The van der Waals surface area contributed by atoms with Crippen LogP contribution < -0.4 is 9.47 Å². The molecule has 4 rings (SSSR count). The molecule has 0 N–H and O–H groups in total. The summed E-state index contributed by atoms with van der Waals surface area (Å²) in [6.45, 7) is 0.561. The maximum absolute atomic E-state index is 13.4. The van der Waals surface area contributed by atoms with E-state index < -0.39 is 0 Å². The Hall–Kier alpha value is -2.95. The molecule has 3 heterocycles. The number of thiophene rings is 1. The van der Waals surface area contributed by atoms with Crippen LogP contribution in [0.3, 0.4) is 0 Å². The van der Waals surface area contributed by atoms with Gasteiger partial charge in [0.15, 0.2) is 11.5 Å². The number of hydrogen-bond donors (Lipinski definition) is 0. The van der Waals surface area contributed by atoms with Gasteiger partial charge in [-0.05, 0) is 29.1 Å². The van der Waals surface area contributed by atoms with E-state index in [4.69, 9.17) is 18.9 Å². The number of carbonyl (C=O) groups excluding carboxylic acids is 2. The number of nitrogens with zero attached hydrogens (tertiary/aromatic N) is 3. The lowest BCUT2D eigenvalue weighted by Crippen LogP contribution is -2.44. The van der Waals surface area contributed by atoms with E-state index in [1.165, 1.54) is 17.0 Å². The number of rotatable bonds is 9. The maximum Gasteiger partial charge on any atom is 0.262 e. The van der Waals surface area contributed by atoms with Crippen molar-refractivity contribution in [1.29, 1.82) is 0 Å². The predicted octanol–water partition coefficient (Wildman–Crippen LogP) is 2.28. The summed E-state index contributed by atoms with van der Waals surface area (Å²) in [5.41, 5.74) is 1.73. The maximum atomic E-state index is 13.4. The Morgan fingerprint density at radius 3 is 2.81 bits per heavy atom. The van der Waals surface area contributed by atoms with Gasteiger partial charge in [0.1, 0.15) is 13.2 Å². The number of hydrazone groups is 1. The highest BCUT2D eigenvalue weighted by Crippen LogP contribution is 2.39. The van der Waals surface area contributed by atoms with Crippen molar-refractivity contribution in [3.8, 4) is 11.5 Å². The van der Waals surface area contributed by atoms with Crippen LogP contribution in [0.4, 0.5) is 0 Å². The van der Waals surface area contributed by atoms with Crippen LogP contribution in [0.1, 0.15) is 22.9 Å². The Kier molecular flexibility index (Phi) is 7.03. The summed E-state index contributed by atoms with van der Waals surface area (Å²) < 4.78 is 21.0. The third-order valence-electron chi connectivity index (χ3n) is 5.26. The lowest BCUT2D eigenvalue weighted by molar-refractivity contribution is -0.144. The van der Waals surface area contributed by atoms with Gasteiger partial charge in [-0.15, -0.1) is 11.3 Å². The highest BCUT2D eigenvalue weighted by atomic mass is 32.1. The van der Waals surface area contributed by atoms with Crippen molar-refractivity contribution < 1.29 is 28.5 Å². The van der Waals surface area contributed by atoms with Gasteiger partial charge < -0.3 is 23.8 Å². The average Bonchev–Trinajstić information content (AvgIpc) is 3.55. The molecule has 10 heteroatoms. The van der Waals surface area contributed by atoms with Gasteiger partial charge in [0.25, 0.3) is 5.91 Å². The van der Waals surface area contributed by atoms with Crippen molar-refractivity contribution in [1.82, 2.24) is 9.91 Å². The average molecular weight is 460 g/mol. The summed E-state index contributed by atoms with van der Waals surface area (Å²) in [6, 6.07) is 9.29. The van der Waals surface area contributed by atoms with Crippen LogP contribution >= 0.6 is 11.3 Å². The largest absolute Gasteiger partial charge is 0.454 e. The third kappa shape index (κ3) is 4.77. The first kappa shape index (κ1) is 22.3. The Morgan fingerprint density at radius 1 is 1.22 bits per heavy atom. The van der Waals surface area contributed by atoms with E-state index in [2.05, 4.69) is 5.10 Å². The van der Waals surface area contributed by atoms with E-state index in [-0.39, 0.29) is 44.3 Å². The molecule has 2 aromatic rings. The zero-order valence-electron chi connectivity index (χ0n) is 18.0. The molecule has 0 radical (unpaired) electrons. The van der Waals surface area contributed by atoms with Crippen LogP contribution in [0.2, 0.25) is 0 Å². The minimum absolute atomic E-state index is 0.105. The minimum atomic E-state index is -0.309. The second-order valence-electron chi connectivity index (χ2n) is 7.34. The first-order valence-electron chi connectivity index (χ1n) is 10.2. The standard InChI is InChI=1S/C22H25N3O6S/c1-28-8-7-24(22(27)13-29-2)12-21(26)25-17(11-16(23-25)20-4-3-9-32-20)15-5-6-18-19(10-15)31-14-30-18/h3-6,9-10,17H,7-8,11-14H2,1-2H3/t17-/m0/s1. The third-order valence-corrected chi connectivity index (χ3v) is 6.18. The topological polar surface area (TPSA) is 89.9 Å². The highest BCUT2D eigenvalue weighted by Gasteiger charge is 2.35. The predicted molar refractivity (Wildman–Crippen MR) is 118 cm³/mol. The SMILES string of the molecule is COCCN(CC(=O)N1N=C(c2cccs2)C[C@H]1c1ccc2c(c1)OCO2)C(=O)COC. The Morgan fingerprint density at radius 2 is 2.06 bits per heavy atom. The van der Waals surface area contributed by atoms with E-state index in [9.17, 15) is 9.59 Å². The molecule has 0 saturated carbocycles. The van der Waals surface area contributed by atoms with Gasteiger partial charge in [0, 0.05) is 27.2 Å². The molecule has 1 atom stereocenters. The zero-order chi connectivity index (χ0) is 22.5. The van der Waals surface area contributed by atoms with Crippen molar-refractivity contribution >= 4 is 28.9 Å². The van der Waals surface area contributed by atoms with Gasteiger partial charge in [-0.25, -0.2) is 5.01 Å². The van der Waals surface area contributed by atoms with E-state index in [0.717, 1.165) is 16.2 Å². The monoisotopic (exact) mass is 459 g/mol.